The van der Waals surface area contributed by atoms with Gasteiger partial charge in [0.1, 0.15) is 9.84 Å². The highest BCUT2D eigenvalue weighted by atomic mass is 35.5. The molecule has 1 aliphatic rings. The SMILES string of the molecule is CC1(CNC(=O)C(N)CCS(C)(=O)=O)CCCc2ccccc21.Cl. The molecule has 0 fully saturated rings. The van der Waals surface area contributed by atoms with Crippen molar-refractivity contribution in [1.29, 1.82) is 0 Å². The maximum Gasteiger partial charge on any atom is 0.236 e. The van der Waals surface area contributed by atoms with Crippen LogP contribution < -0.4 is 11.1 Å². The lowest BCUT2D eigenvalue weighted by molar-refractivity contribution is -0.122. The summed E-state index contributed by atoms with van der Waals surface area (Å²) in [5, 5.41) is 2.91. The summed E-state index contributed by atoms with van der Waals surface area (Å²) in [6, 6.07) is 7.57. The third-order valence-electron chi connectivity index (χ3n) is 4.63. The summed E-state index contributed by atoms with van der Waals surface area (Å²) in [7, 11) is -3.10. The highest BCUT2D eigenvalue weighted by Gasteiger charge is 2.32. The molecule has 1 aliphatic carbocycles. The van der Waals surface area contributed by atoms with Crippen molar-refractivity contribution in [2.75, 3.05) is 18.6 Å². The smallest absolute Gasteiger partial charge is 0.236 e. The van der Waals surface area contributed by atoms with Gasteiger partial charge in [0.05, 0.1) is 11.8 Å². The topological polar surface area (TPSA) is 89.3 Å². The van der Waals surface area contributed by atoms with Crippen LogP contribution in [0.1, 0.15) is 37.3 Å². The minimum absolute atomic E-state index is 0. The minimum atomic E-state index is -3.10. The number of hydrogen-bond donors (Lipinski definition) is 2. The Morgan fingerprint density at radius 3 is 2.71 bits per heavy atom. The second-order valence-corrected chi connectivity index (χ2v) is 9.07. The van der Waals surface area contributed by atoms with Gasteiger partial charge < -0.3 is 11.1 Å². The van der Waals surface area contributed by atoms with Crippen molar-refractivity contribution in [1.82, 2.24) is 5.32 Å². The van der Waals surface area contributed by atoms with Gasteiger partial charge in [0.15, 0.2) is 0 Å². The summed E-state index contributed by atoms with van der Waals surface area (Å²) >= 11 is 0. The van der Waals surface area contributed by atoms with Crippen molar-refractivity contribution in [3.05, 3.63) is 35.4 Å². The number of fused-ring (bicyclic) bond motifs is 1. The van der Waals surface area contributed by atoms with E-state index in [-0.39, 0.29) is 35.9 Å². The number of rotatable bonds is 6. The van der Waals surface area contributed by atoms with E-state index in [2.05, 4.69) is 24.4 Å². The molecule has 0 radical (unpaired) electrons. The van der Waals surface area contributed by atoms with Gasteiger partial charge in [-0.25, -0.2) is 8.42 Å². The minimum Gasteiger partial charge on any atom is -0.354 e. The van der Waals surface area contributed by atoms with E-state index >= 15 is 0 Å². The predicted molar refractivity (Wildman–Crippen MR) is 99.3 cm³/mol. The molecule has 0 saturated carbocycles. The monoisotopic (exact) mass is 374 g/mol. The fourth-order valence-electron chi connectivity index (χ4n) is 3.20. The van der Waals surface area contributed by atoms with Crippen molar-refractivity contribution in [3.8, 4) is 0 Å². The van der Waals surface area contributed by atoms with E-state index < -0.39 is 15.9 Å². The number of hydrogen-bond acceptors (Lipinski definition) is 4. The molecule has 24 heavy (non-hydrogen) atoms. The Bertz CT molecular complexity index is 678. The number of carbonyl (C=O) groups excluding carboxylic acids is 1. The van der Waals surface area contributed by atoms with Crippen LogP contribution in [0.5, 0.6) is 0 Å². The van der Waals surface area contributed by atoms with E-state index in [0.29, 0.717) is 6.54 Å². The second-order valence-electron chi connectivity index (χ2n) is 6.81. The van der Waals surface area contributed by atoms with E-state index in [1.54, 1.807) is 0 Å². The maximum atomic E-state index is 12.1. The maximum absolute atomic E-state index is 12.1. The number of halogens is 1. The zero-order valence-corrected chi connectivity index (χ0v) is 15.9. The number of amides is 1. The van der Waals surface area contributed by atoms with Crippen LogP contribution in [0.3, 0.4) is 0 Å². The third kappa shape index (κ3) is 5.46. The Morgan fingerprint density at radius 2 is 2.04 bits per heavy atom. The second kappa shape index (κ2) is 8.32. The Kier molecular flexibility index (Phi) is 7.25. The molecular formula is C17H27ClN2O3S. The lowest BCUT2D eigenvalue weighted by atomic mass is 9.71. The highest BCUT2D eigenvalue weighted by molar-refractivity contribution is 7.90. The molecule has 136 valence electrons. The van der Waals surface area contributed by atoms with Gasteiger partial charge >= 0.3 is 0 Å². The van der Waals surface area contributed by atoms with Crippen molar-refractivity contribution >= 4 is 28.2 Å². The van der Waals surface area contributed by atoms with Crippen molar-refractivity contribution in [2.24, 2.45) is 5.73 Å². The number of sulfone groups is 1. The Morgan fingerprint density at radius 1 is 1.38 bits per heavy atom. The summed E-state index contributed by atoms with van der Waals surface area (Å²) in [6.07, 6.45) is 4.50. The van der Waals surface area contributed by atoms with E-state index in [4.69, 9.17) is 5.73 Å². The van der Waals surface area contributed by atoms with Gasteiger partial charge in [-0.05, 0) is 36.8 Å². The summed E-state index contributed by atoms with van der Waals surface area (Å²) < 4.78 is 22.3. The molecule has 0 aromatic heterocycles. The molecule has 5 nitrogen and oxygen atoms in total. The first kappa shape index (κ1) is 20.9. The zero-order chi connectivity index (χ0) is 17.1. The van der Waals surface area contributed by atoms with Gasteiger partial charge in [-0.3, -0.25) is 4.79 Å². The van der Waals surface area contributed by atoms with Crippen LogP contribution in [0.15, 0.2) is 24.3 Å². The highest BCUT2D eigenvalue weighted by Crippen LogP contribution is 2.36. The first-order valence-electron chi connectivity index (χ1n) is 8.01. The van der Waals surface area contributed by atoms with Crippen molar-refractivity contribution < 1.29 is 13.2 Å². The first-order valence-corrected chi connectivity index (χ1v) is 10.1. The molecule has 2 atom stereocenters. The summed E-state index contributed by atoms with van der Waals surface area (Å²) in [5.41, 5.74) is 8.34. The van der Waals surface area contributed by atoms with E-state index in [1.165, 1.54) is 11.1 Å². The largest absolute Gasteiger partial charge is 0.354 e. The van der Waals surface area contributed by atoms with Crippen LogP contribution >= 0.6 is 12.4 Å². The van der Waals surface area contributed by atoms with Crippen LogP contribution in [-0.4, -0.2) is 38.9 Å². The van der Waals surface area contributed by atoms with Crippen molar-refractivity contribution in [2.45, 2.75) is 44.1 Å². The normalized spacial score (nSPS) is 21.3. The van der Waals surface area contributed by atoms with Gasteiger partial charge in [0.2, 0.25) is 5.91 Å². The lowest BCUT2D eigenvalue weighted by Crippen LogP contribution is -2.47. The Balaban J connectivity index is 0.00000288. The summed E-state index contributed by atoms with van der Waals surface area (Å²) in [5.74, 6) is -0.347. The molecule has 0 saturated heterocycles. The summed E-state index contributed by atoms with van der Waals surface area (Å²) in [6.45, 7) is 2.68. The van der Waals surface area contributed by atoms with Crippen LogP contribution in [0.4, 0.5) is 0 Å². The standard InChI is InChI=1S/C17H26N2O3S.ClH/c1-17(10-5-7-13-6-3-4-8-14(13)17)12-19-16(20)15(18)9-11-23(2,21)22;/h3-4,6,8,15H,5,7,9-12,18H2,1-2H3,(H,19,20);1H. The van der Waals surface area contributed by atoms with Crippen LogP contribution in [0.2, 0.25) is 0 Å². The molecule has 2 rings (SSSR count). The van der Waals surface area contributed by atoms with Crippen LogP contribution in [0, 0.1) is 0 Å². The molecule has 0 heterocycles. The lowest BCUT2D eigenvalue weighted by Gasteiger charge is -2.36. The molecule has 1 amide bonds. The summed E-state index contributed by atoms with van der Waals surface area (Å²) in [4.78, 5) is 12.1. The molecule has 1 aromatic rings. The Hall–Kier alpha value is -1.11. The molecule has 1 aromatic carbocycles. The molecule has 3 N–H and O–H groups in total. The molecule has 7 heteroatoms. The van der Waals surface area contributed by atoms with Gasteiger partial charge in [0.25, 0.3) is 0 Å². The number of nitrogens with one attached hydrogen (secondary N) is 1. The molecular weight excluding hydrogens is 348 g/mol. The number of benzene rings is 1. The van der Waals surface area contributed by atoms with Gasteiger partial charge in [0, 0.05) is 18.2 Å². The number of carbonyl (C=O) groups is 1. The van der Waals surface area contributed by atoms with Crippen LogP contribution in [0.25, 0.3) is 0 Å². The van der Waals surface area contributed by atoms with Gasteiger partial charge in [-0.15, -0.1) is 12.4 Å². The average Bonchev–Trinajstić information content (AvgIpc) is 2.50. The fraction of sp³-hybridized carbons (Fsp3) is 0.588. The van der Waals surface area contributed by atoms with E-state index in [1.807, 2.05) is 12.1 Å². The van der Waals surface area contributed by atoms with Crippen molar-refractivity contribution in [3.63, 3.8) is 0 Å². The zero-order valence-electron chi connectivity index (χ0n) is 14.2. The predicted octanol–water partition coefficient (Wildman–Crippen LogP) is 1.58. The fourth-order valence-corrected chi connectivity index (χ4v) is 3.88. The molecule has 0 bridgehead atoms. The van der Waals surface area contributed by atoms with Gasteiger partial charge in [-0.2, -0.15) is 0 Å². The number of nitrogens with two attached hydrogens (primary N) is 1. The number of aryl methyl sites for hydroxylation is 1. The average molecular weight is 375 g/mol. The van der Waals surface area contributed by atoms with E-state index in [0.717, 1.165) is 25.5 Å². The third-order valence-corrected chi connectivity index (χ3v) is 5.61. The molecule has 2 unspecified atom stereocenters. The molecule has 0 aliphatic heterocycles. The van der Waals surface area contributed by atoms with E-state index in [9.17, 15) is 13.2 Å². The Labute approximate surface area is 150 Å². The van der Waals surface area contributed by atoms with Crippen LogP contribution in [-0.2, 0) is 26.5 Å². The first-order chi connectivity index (χ1) is 10.7. The van der Waals surface area contributed by atoms with Gasteiger partial charge in [-0.1, -0.05) is 31.2 Å². The molecule has 0 spiro atoms. The quantitative estimate of drug-likeness (QED) is 0.791.